The zero-order chi connectivity index (χ0) is 24.5. The Bertz CT molecular complexity index is 1470. The molecule has 1 aliphatic heterocycles. The second-order valence-corrected chi connectivity index (χ2v) is 8.74. The van der Waals surface area contributed by atoms with E-state index in [-0.39, 0.29) is 11.9 Å². The lowest BCUT2D eigenvalue weighted by atomic mass is 10.0. The highest BCUT2D eigenvalue weighted by molar-refractivity contribution is 5.95. The van der Waals surface area contributed by atoms with Gasteiger partial charge in [-0.15, -0.1) is 10.2 Å². The Balaban J connectivity index is 1.19. The normalized spacial score (nSPS) is 15.3. The third-order valence-corrected chi connectivity index (χ3v) is 6.41. The molecule has 0 aliphatic carbocycles. The third kappa shape index (κ3) is 4.25. The van der Waals surface area contributed by atoms with Gasteiger partial charge in [-0.05, 0) is 29.8 Å². The van der Waals surface area contributed by atoms with Crippen LogP contribution in [0.5, 0.6) is 0 Å². The topological polar surface area (TPSA) is 101 Å². The Labute approximate surface area is 207 Å². The lowest BCUT2D eigenvalue weighted by Gasteiger charge is -2.38. The molecule has 9 heteroatoms. The van der Waals surface area contributed by atoms with E-state index in [1.165, 1.54) is 0 Å². The molecule has 36 heavy (non-hydrogen) atoms. The number of hydrogen-bond acceptors (Lipinski definition) is 8. The summed E-state index contributed by atoms with van der Waals surface area (Å²) < 4.78 is 11.6. The maximum Gasteiger partial charge on any atom is 0.253 e. The molecule has 0 bridgehead atoms. The first-order valence-corrected chi connectivity index (χ1v) is 11.8. The summed E-state index contributed by atoms with van der Waals surface area (Å²) in [5.74, 6) is 1.56. The first kappa shape index (κ1) is 22.1. The maximum atomic E-state index is 13.4. The number of nitrogens with zero attached hydrogens (tertiary/aromatic N) is 6. The van der Waals surface area contributed by atoms with Crippen LogP contribution < -0.4 is 0 Å². The summed E-state index contributed by atoms with van der Waals surface area (Å²) in [7, 11) is 0. The molecule has 1 unspecified atom stereocenters. The van der Waals surface area contributed by atoms with E-state index in [2.05, 4.69) is 37.2 Å². The lowest BCUT2D eigenvalue weighted by molar-refractivity contribution is 0.0578. The van der Waals surface area contributed by atoms with Gasteiger partial charge in [0.2, 0.25) is 17.7 Å². The predicted molar refractivity (Wildman–Crippen MR) is 132 cm³/mol. The predicted octanol–water partition coefficient (Wildman–Crippen LogP) is 4.13. The molecule has 1 fully saturated rings. The van der Waals surface area contributed by atoms with Crippen molar-refractivity contribution in [3.63, 3.8) is 0 Å². The monoisotopic (exact) mass is 480 g/mol. The molecular formula is C27H24N6O3. The second kappa shape index (κ2) is 9.35. The highest BCUT2D eigenvalue weighted by atomic mass is 16.4. The number of oxazole rings is 1. The smallest absolute Gasteiger partial charge is 0.253 e. The van der Waals surface area contributed by atoms with Crippen LogP contribution in [0.2, 0.25) is 0 Å². The van der Waals surface area contributed by atoms with Crippen LogP contribution in [0.25, 0.3) is 22.6 Å². The molecule has 5 aromatic rings. The van der Waals surface area contributed by atoms with Crippen molar-refractivity contribution in [2.75, 3.05) is 26.2 Å². The van der Waals surface area contributed by atoms with Gasteiger partial charge in [-0.2, -0.15) is 0 Å². The Hall–Kier alpha value is -4.37. The van der Waals surface area contributed by atoms with Gasteiger partial charge in [0.05, 0.1) is 6.20 Å². The summed E-state index contributed by atoms with van der Waals surface area (Å²) >= 11 is 0. The van der Waals surface area contributed by atoms with Gasteiger partial charge in [-0.25, -0.2) is 4.98 Å². The number of amides is 1. The summed E-state index contributed by atoms with van der Waals surface area (Å²) in [6.45, 7) is 4.35. The van der Waals surface area contributed by atoms with Gasteiger partial charge in [0.1, 0.15) is 11.6 Å². The standard InChI is InChI=1S/C27H24N6O3/c1-18-30-31-26(35-18)24(19-6-3-2-4-7-19)32-12-14-33(15-13-32)27(34)21-9-5-8-20(16-21)25-29-22-10-11-28-17-23(22)36-25/h2-11,16-17,24H,12-15H2,1H3. The summed E-state index contributed by atoms with van der Waals surface area (Å²) in [5.41, 5.74) is 3.80. The van der Waals surface area contributed by atoms with E-state index in [0.717, 1.165) is 16.6 Å². The van der Waals surface area contributed by atoms with E-state index in [4.69, 9.17) is 8.83 Å². The zero-order valence-corrected chi connectivity index (χ0v) is 19.7. The van der Waals surface area contributed by atoms with E-state index < -0.39 is 0 Å². The molecular weight excluding hydrogens is 456 g/mol. The molecule has 6 rings (SSSR count). The second-order valence-electron chi connectivity index (χ2n) is 8.74. The first-order valence-electron chi connectivity index (χ1n) is 11.8. The van der Waals surface area contributed by atoms with Crippen LogP contribution in [-0.4, -0.2) is 62.1 Å². The van der Waals surface area contributed by atoms with E-state index in [1.807, 2.05) is 47.4 Å². The number of piperazine rings is 1. The fraction of sp³-hybridized carbons (Fsp3) is 0.222. The number of carbonyl (C=O) groups excluding carboxylic acids is 1. The minimum absolute atomic E-state index is 0.0147. The zero-order valence-electron chi connectivity index (χ0n) is 19.7. The van der Waals surface area contributed by atoms with Crippen molar-refractivity contribution >= 4 is 17.0 Å². The van der Waals surface area contributed by atoms with Crippen molar-refractivity contribution in [2.24, 2.45) is 0 Å². The number of benzene rings is 2. The molecule has 1 saturated heterocycles. The number of rotatable bonds is 5. The van der Waals surface area contributed by atoms with Crippen molar-refractivity contribution in [1.29, 1.82) is 0 Å². The van der Waals surface area contributed by atoms with Crippen molar-refractivity contribution in [1.82, 2.24) is 30.0 Å². The van der Waals surface area contributed by atoms with Crippen molar-refractivity contribution in [3.05, 3.63) is 96.0 Å². The fourth-order valence-electron chi connectivity index (χ4n) is 4.62. The molecule has 1 atom stereocenters. The molecule has 0 saturated carbocycles. The Morgan fingerprint density at radius 1 is 0.944 bits per heavy atom. The van der Waals surface area contributed by atoms with Gasteiger partial charge >= 0.3 is 0 Å². The molecule has 0 N–H and O–H groups in total. The van der Waals surface area contributed by atoms with Crippen LogP contribution in [0.1, 0.15) is 33.7 Å². The molecule has 1 aliphatic rings. The third-order valence-electron chi connectivity index (χ3n) is 6.41. The number of hydrogen-bond donors (Lipinski definition) is 0. The van der Waals surface area contributed by atoms with E-state index in [9.17, 15) is 4.79 Å². The summed E-state index contributed by atoms with van der Waals surface area (Å²) in [4.78, 5) is 26.1. The SMILES string of the molecule is Cc1nnc(C(c2ccccc2)N2CCN(C(=O)c3cccc(-c4nc5ccncc5o4)c3)CC2)o1. The van der Waals surface area contributed by atoms with Crippen LogP contribution in [0.4, 0.5) is 0 Å². The van der Waals surface area contributed by atoms with Gasteiger partial charge in [0.25, 0.3) is 5.91 Å². The minimum atomic E-state index is -0.151. The van der Waals surface area contributed by atoms with E-state index >= 15 is 0 Å². The summed E-state index contributed by atoms with van der Waals surface area (Å²) in [6.07, 6.45) is 3.31. The van der Waals surface area contributed by atoms with Crippen molar-refractivity contribution < 1.29 is 13.6 Å². The van der Waals surface area contributed by atoms with Gasteiger partial charge in [-0.1, -0.05) is 36.4 Å². The molecule has 4 heterocycles. The summed E-state index contributed by atoms with van der Waals surface area (Å²) in [6, 6.07) is 19.2. The molecule has 0 radical (unpaired) electrons. The minimum Gasteiger partial charge on any atom is -0.434 e. The number of fused-ring (bicyclic) bond motifs is 1. The van der Waals surface area contributed by atoms with Crippen LogP contribution in [0, 0.1) is 6.92 Å². The number of aryl methyl sites for hydroxylation is 1. The number of carbonyl (C=O) groups is 1. The van der Waals surface area contributed by atoms with Gasteiger partial charge in [0, 0.05) is 50.4 Å². The van der Waals surface area contributed by atoms with Crippen LogP contribution in [0.3, 0.4) is 0 Å². The van der Waals surface area contributed by atoms with Gasteiger partial charge < -0.3 is 13.7 Å². The average Bonchev–Trinajstić information content (AvgIpc) is 3.56. The molecule has 3 aromatic heterocycles. The highest BCUT2D eigenvalue weighted by Crippen LogP contribution is 2.29. The molecule has 9 nitrogen and oxygen atoms in total. The van der Waals surface area contributed by atoms with Crippen LogP contribution >= 0.6 is 0 Å². The van der Waals surface area contributed by atoms with E-state index in [1.54, 1.807) is 25.4 Å². The largest absolute Gasteiger partial charge is 0.434 e. The van der Waals surface area contributed by atoms with Gasteiger partial charge in [-0.3, -0.25) is 14.7 Å². The lowest BCUT2D eigenvalue weighted by Crippen LogP contribution is -2.50. The average molecular weight is 481 g/mol. The van der Waals surface area contributed by atoms with Crippen molar-refractivity contribution in [2.45, 2.75) is 13.0 Å². The molecule has 180 valence electrons. The quantitative estimate of drug-likeness (QED) is 0.370. The number of aromatic nitrogens is 4. The molecule has 0 spiro atoms. The van der Waals surface area contributed by atoms with Gasteiger partial charge in [0.15, 0.2) is 5.58 Å². The van der Waals surface area contributed by atoms with Crippen LogP contribution in [0.15, 0.2) is 81.9 Å². The Morgan fingerprint density at radius 2 is 1.78 bits per heavy atom. The van der Waals surface area contributed by atoms with Crippen LogP contribution in [-0.2, 0) is 0 Å². The fourth-order valence-corrected chi connectivity index (χ4v) is 4.62. The maximum absolute atomic E-state index is 13.4. The number of pyridine rings is 1. The Kier molecular flexibility index (Phi) is 5.74. The summed E-state index contributed by atoms with van der Waals surface area (Å²) in [5, 5.41) is 8.33. The first-order chi connectivity index (χ1) is 17.7. The highest BCUT2D eigenvalue weighted by Gasteiger charge is 2.31. The molecule has 1 amide bonds. The van der Waals surface area contributed by atoms with Crippen molar-refractivity contribution in [3.8, 4) is 11.5 Å². The van der Waals surface area contributed by atoms with E-state index in [0.29, 0.717) is 55.0 Å². The molecule has 2 aromatic carbocycles. The Morgan fingerprint density at radius 3 is 2.53 bits per heavy atom.